The van der Waals surface area contributed by atoms with Crippen molar-refractivity contribution in [1.29, 1.82) is 0 Å². The van der Waals surface area contributed by atoms with Crippen LogP contribution in [-0.2, 0) is 10.0 Å². The Morgan fingerprint density at radius 2 is 2.14 bits per heavy atom. The summed E-state index contributed by atoms with van der Waals surface area (Å²) in [5.41, 5.74) is 1.85. The number of carbonyl (C=O) groups excluding carboxylic acids is 1. The van der Waals surface area contributed by atoms with E-state index in [2.05, 4.69) is 17.2 Å². The van der Waals surface area contributed by atoms with Crippen LogP contribution in [0.2, 0.25) is 0 Å². The zero-order valence-electron chi connectivity index (χ0n) is 11.7. The van der Waals surface area contributed by atoms with Crippen molar-refractivity contribution < 1.29 is 18.3 Å². The molecule has 0 spiro atoms. The van der Waals surface area contributed by atoms with Crippen LogP contribution in [0.4, 0.5) is 0 Å². The van der Waals surface area contributed by atoms with Crippen molar-refractivity contribution >= 4 is 15.9 Å². The van der Waals surface area contributed by atoms with Gasteiger partial charge in [-0.05, 0) is 31.0 Å². The molecule has 21 heavy (non-hydrogen) atoms. The predicted molar refractivity (Wildman–Crippen MR) is 80.1 cm³/mol. The molecule has 1 aromatic carbocycles. The highest BCUT2D eigenvalue weighted by Gasteiger charge is 2.10. The number of aryl methyl sites for hydroxylation is 1. The maximum Gasteiger partial charge on any atom is 0.252 e. The number of nitrogens with two attached hydrogens (primary N) is 1. The topological polar surface area (TPSA) is 109 Å². The van der Waals surface area contributed by atoms with E-state index in [1.165, 1.54) is 0 Å². The number of aliphatic hydroxyl groups is 1. The average Bonchev–Trinajstić information content (AvgIpc) is 2.40. The number of aliphatic hydroxyl groups excluding tert-OH is 1. The lowest BCUT2D eigenvalue weighted by molar-refractivity contribution is 0.0953. The van der Waals surface area contributed by atoms with Crippen LogP contribution in [0.1, 0.15) is 27.9 Å². The molecule has 4 N–H and O–H groups in total. The summed E-state index contributed by atoms with van der Waals surface area (Å²) in [5, 5.41) is 16.2. The van der Waals surface area contributed by atoms with Crippen LogP contribution in [0, 0.1) is 18.8 Å². The van der Waals surface area contributed by atoms with Crippen molar-refractivity contribution in [2.24, 2.45) is 5.14 Å². The first-order valence-corrected chi connectivity index (χ1v) is 8.04. The third kappa shape index (κ3) is 6.40. The van der Waals surface area contributed by atoms with Crippen LogP contribution < -0.4 is 10.5 Å². The average molecular weight is 310 g/mol. The van der Waals surface area contributed by atoms with E-state index in [0.29, 0.717) is 11.1 Å². The molecule has 1 aromatic rings. The van der Waals surface area contributed by atoms with Crippen LogP contribution >= 0.6 is 0 Å². The number of carbonyl (C=O) groups is 1. The third-order valence-electron chi connectivity index (χ3n) is 2.61. The molecule has 6 nitrogen and oxygen atoms in total. The highest BCUT2D eigenvalue weighted by Crippen LogP contribution is 2.10. The first-order valence-electron chi connectivity index (χ1n) is 6.32. The van der Waals surface area contributed by atoms with Crippen molar-refractivity contribution in [3.8, 4) is 11.8 Å². The fourth-order valence-electron chi connectivity index (χ4n) is 1.66. The van der Waals surface area contributed by atoms with E-state index in [-0.39, 0.29) is 31.2 Å². The Kier molecular flexibility index (Phi) is 6.37. The smallest absolute Gasteiger partial charge is 0.252 e. The number of sulfonamides is 1. The third-order valence-corrected chi connectivity index (χ3v) is 3.47. The Balaban J connectivity index is 2.74. The van der Waals surface area contributed by atoms with Crippen molar-refractivity contribution in [3.05, 3.63) is 34.9 Å². The van der Waals surface area contributed by atoms with E-state index in [1.54, 1.807) is 18.2 Å². The Hall–Kier alpha value is -1.88. The molecule has 0 heterocycles. The van der Waals surface area contributed by atoms with Crippen LogP contribution in [-0.4, -0.2) is 38.3 Å². The van der Waals surface area contributed by atoms with E-state index in [4.69, 9.17) is 10.2 Å². The molecular formula is C14H18N2O4S. The molecule has 0 saturated carbocycles. The maximum atomic E-state index is 12.0. The molecule has 0 fully saturated rings. The van der Waals surface area contributed by atoms with Crippen LogP contribution in [0.3, 0.4) is 0 Å². The Labute approximate surface area is 124 Å². The number of rotatable bonds is 5. The standard InChI is InChI=1S/C14H18N2O4S/c1-11-5-6-13(12(10-11)4-2-8-17)14(18)16-7-3-9-21(15,19)20/h5-6,10,17H,3,7-9H2,1H3,(H,16,18)(H2,15,19,20). The highest BCUT2D eigenvalue weighted by atomic mass is 32.2. The van der Waals surface area contributed by atoms with Crippen LogP contribution in [0.15, 0.2) is 18.2 Å². The highest BCUT2D eigenvalue weighted by molar-refractivity contribution is 7.89. The van der Waals surface area contributed by atoms with E-state index < -0.39 is 10.0 Å². The Morgan fingerprint density at radius 3 is 2.76 bits per heavy atom. The molecule has 0 aromatic heterocycles. The quantitative estimate of drug-likeness (QED) is 0.514. The molecule has 0 aliphatic rings. The first kappa shape index (κ1) is 17.2. The summed E-state index contributed by atoms with van der Waals surface area (Å²) in [6.07, 6.45) is 0.244. The summed E-state index contributed by atoms with van der Waals surface area (Å²) >= 11 is 0. The molecule has 114 valence electrons. The van der Waals surface area contributed by atoms with Crippen molar-refractivity contribution in [2.75, 3.05) is 18.9 Å². The molecule has 0 atom stereocenters. The van der Waals surface area contributed by atoms with E-state index in [1.807, 2.05) is 6.92 Å². The lowest BCUT2D eigenvalue weighted by atomic mass is 10.0. The van der Waals surface area contributed by atoms with Gasteiger partial charge in [0.15, 0.2) is 0 Å². The number of amides is 1. The number of nitrogens with one attached hydrogen (secondary N) is 1. The van der Waals surface area contributed by atoms with E-state index in [9.17, 15) is 13.2 Å². The van der Waals surface area contributed by atoms with Gasteiger partial charge in [-0.15, -0.1) is 0 Å². The van der Waals surface area contributed by atoms with E-state index >= 15 is 0 Å². The van der Waals surface area contributed by atoms with Gasteiger partial charge in [0.1, 0.15) is 6.61 Å². The van der Waals surface area contributed by atoms with Gasteiger partial charge in [-0.25, -0.2) is 13.6 Å². The van der Waals surface area contributed by atoms with Gasteiger partial charge in [-0.2, -0.15) is 0 Å². The normalized spacial score (nSPS) is 10.6. The van der Waals surface area contributed by atoms with Gasteiger partial charge in [0.2, 0.25) is 10.0 Å². The van der Waals surface area contributed by atoms with Crippen molar-refractivity contribution in [3.63, 3.8) is 0 Å². The summed E-state index contributed by atoms with van der Waals surface area (Å²) in [6, 6.07) is 5.18. The molecule has 0 aliphatic heterocycles. The maximum absolute atomic E-state index is 12.0. The SMILES string of the molecule is Cc1ccc(C(=O)NCCCS(N)(=O)=O)c(C#CCO)c1. The molecule has 1 rings (SSSR count). The molecule has 1 amide bonds. The summed E-state index contributed by atoms with van der Waals surface area (Å²) in [6.45, 7) is 1.79. The summed E-state index contributed by atoms with van der Waals surface area (Å²) < 4.78 is 21.6. The van der Waals surface area contributed by atoms with Gasteiger partial charge in [-0.3, -0.25) is 4.79 Å². The molecule has 0 aliphatic carbocycles. The minimum absolute atomic E-state index is 0.182. The zero-order valence-corrected chi connectivity index (χ0v) is 12.5. The second-order valence-electron chi connectivity index (χ2n) is 4.49. The lowest BCUT2D eigenvalue weighted by Crippen LogP contribution is -2.27. The molecule has 7 heteroatoms. The second-order valence-corrected chi connectivity index (χ2v) is 6.22. The van der Waals surface area contributed by atoms with E-state index in [0.717, 1.165) is 5.56 Å². The predicted octanol–water partition coefficient (Wildman–Crippen LogP) is -0.253. The van der Waals surface area contributed by atoms with Crippen molar-refractivity contribution in [1.82, 2.24) is 5.32 Å². The van der Waals surface area contributed by atoms with Gasteiger partial charge < -0.3 is 10.4 Å². The summed E-state index contributed by atoms with van der Waals surface area (Å²) in [5.74, 6) is 4.70. The molecule has 0 radical (unpaired) electrons. The molecule has 0 bridgehead atoms. The van der Waals surface area contributed by atoms with Gasteiger partial charge >= 0.3 is 0 Å². The van der Waals surface area contributed by atoms with Crippen LogP contribution in [0.5, 0.6) is 0 Å². The second kappa shape index (κ2) is 7.78. The van der Waals surface area contributed by atoms with Gasteiger partial charge in [0.05, 0.1) is 11.3 Å². The number of primary sulfonamides is 1. The van der Waals surface area contributed by atoms with Gasteiger partial charge in [-0.1, -0.05) is 17.9 Å². The number of benzene rings is 1. The molecule has 0 unspecified atom stereocenters. The van der Waals surface area contributed by atoms with Crippen molar-refractivity contribution in [2.45, 2.75) is 13.3 Å². The van der Waals surface area contributed by atoms with Crippen LogP contribution in [0.25, 0.3) is 0 Å². The monoisotopic (exact) mass is 310 g/mol. The summed E-state index contributed by atoms with van der Waals surface area (Å²) in [7, 11) is -3.51. The van der Waals surface area contributed by atoms with Gasteiger partial charge in [0.25, 0.3) is 5.91 Å². The fourth-order valence-corrected chi connectivity index (χ4v) is 2.21. The Morgan fingerprint density at radius 1 is 1.43 bits per heavy atom. The zero-order chi connectivity index (χ0) is 15.9. The molecular weight excluding hydrogens is 292 g/mol. The Bertz CT molecular complexity index is 672. The first-order chi connectivity index (χ1) is 9.83. The molecule has 0 saturated heterocycles. The fraction of sp³-hybridized carbons (Fsp3) is 0.357. The number of hydrogen-bond donors (Lipinski definition) is 3. The van der Waals surface area contributed by atoms with Gasteiger partial charge in [0, 0.05) is 12.1 Å². The number of hydrogen-bond acceptors (Lipinski definition) is 4. The lowest BCUT2D eigenvalue weighted by Gasteiger charge is -2.07. The summed E-state index contributed by atoms with van der Waals surface area (Å²) in [4.78, 5) is 12.0. The minimum atomic E-state index is -3.51. The minimum Gasteiger partial charge on any atom is -0.384 e. The largest absolute Gasteiger partial charge is 0.384 e.